The van der Waals surface area contributed by atoms with Crippen molar-refractivity contribution in [2.45, 2.75) is 39.5 Å². The number of carbonyl (C=O) groups excluding carboxylic acids is 1. The number of hydrogen-bond acceptors (Lipinski definition) is 5. The molecule has 0 saturated carbocycles. The molecule has 1 saturated heterocycles. The molecule has 0 radical (unpaired) electrons. The Hall–Kier alpha value is -3.61. The van der Waals surface area contributed by atoms with Crippen LogP contribution in [0.2, 0.25) is 0 Å². The summed E-state index contributed by atoms with van der Waals surface area (Å²) in [5, 5.41) is 6.26. The number of pyridine rings is 1. The fourth-order valence-corrected chi connectivity index (χ4v) is 6.46. The third-order valence-corrected chi connectivity index (χ3v) is 9.18. The van der Waals surface area contributed by atoms with E-state index in [-0.39, 0.29) is 17.6 Å². The standard InChI is InChI=1S/C32H34FN4O3P/c1-32(2,3)31(38)37-26-17-25-27(16-22(26)19-35-37)36(24-9-7-23(33)8-10-24)30(20-12-14-40-15-13-20)29(25)21-6-11-28(34-18-21)41(4,5)39/h6-11,16-20H,12-15H2,1-5H3. The summed E-state index contributed by atoms with van der Waals surface area (Å²) in [6, 6.07) is 14.5. The van der Waals surface area contributed by atoms with Crippen LogP contribution in [0.4, 0.5) is 4.39 Å². The van der Waals surface area contributed by atoms with E-state index in [4.69, 9.17) is 4.74 Å². The average molecular weight is 573 g/mol. The summed E-state index contributed by atoms with van der Waals surface area (Å²) < 4.78 is 36.2. The number of carbonyl (C=O) groups is 1. The fourth-order valence-electron chi connectivity index (χ4n) is 5.69. The zero-order valence-corrected chi connectivity index (χ0v) is 24.9. The van der Waals surface area contributed by atoms with Gasteiger partial charge in [-0.05, 0) is 68.6 Å². The molecular weight excluding hydrogens is 538 g/mol. The number of fused-ring (bicyclic) bond motifs is 2. The fraction of sp³-hybridized carbons (Fsp3) is 0.344. The molecule has 41 heavy (non-hydrogen) atoms. The van der Waals surface area contributed by atoms with Crippen molar-refractivity contribution < 1.29 is 18.5 Å². The Bertz CT molecular complexity index is 1820. The molecule has 0 bridgehead atoms. The smallest absolute Gasteiger partial charge is 0.252 e. The molecule has 0 unspecified atom stereocenters. The first-order valence-electron chi connectivity index (χ1n) is 13.9. The Morgan fingerprint density at radius 3 is 2.32 bits per heavy atom. The number of ether oxygens (including phenoxy) is 1. The maximum atomic E-state index is 14.1. The zero-order chi connectivity index (χ0) is 29.1. The number of aromatic nitrogens is 4. The van der Waals surface area contributed by atoms with Crippen LogP contribution in [0.25, 0.3) is 38.6 Å². The summed E-state index contributed by atoms with van der Waals surface area (Å²) in [5.41, 5.74) is 5.45. The minimum absolute atomic E-state index is 0.0938. The molecule has 0 aliphatic carbocycles. The lowest BCUT2D eigenvalue weighted by molar-refractivity contribution is 0.0755. The van der Waals surface area contributed by atoms with Crippen LogP contribution in [0.15, 0.2) is 60.9 Å². The summed E-state index contributed by atoms with van der Waals surface area (Å²) in [5.74, 6) is -0.218. The molecule has 7 nitrogen and oxygen atoms in total. The molecule has 5 aromatic rings. The molecule has 0 N–H and O–H groups in total. The van der Waals surface area contributed by atoms with E-state index in [1.54, 1.807) is 37.9 Å². The maximum absolute atomic E-state index is 14.1. The molecule has 1 aliphatic heterocycles. The highest BCUT2D eigenvalue weighted by Gasteiger charge is 2.30. The second-order valence-electron chi connectivity index (χ2n) is 12.3. The second-order valence-corrected chi connectivity index (χ2v) is 15.4. The van der Waals surface area contributed by atoms with Gasteiger partial charge in [0.15, 0.2) is 0 Å². The topological polar surface area (TPSA) is 79.0 Å². The Balaban J connectivity index is 1.72. The first-order valence-corrected chi connectivity index (χ1v) is 16.5. The number of halogens is 1. The van der Waals surface area contributed by atoms with Gasteiger partial charge in [-0.2, -0.15) is 9.78 Å². The molecule has 0 atom stereocenters. The van der Waals surface area contributed by atoms with E-state index in [0.717, 1.165) is 57.2 Å². The van der Waals surface area contributed by atoms with Gasteiger partial charge in [0.1, 0.15) is 13.0 Å². The van der Waals surface area contributed by atoms with Crippen LogP contribution in [0, 0.1) is 11.2 Å². The highest BCUT2D eigenvalue weighted by molar-refractivity contribution is 7.69. The van der Waals surface area contributed by atoms with Crippen LogP contribution in [0.5, 0.6) is 0 Å². The molecule has 4 heterocycles. The lowest BCUT2D eigenvalue weighted by Crippen LogP contribution is -2.27. The summed E-state index contributed by atoms with van der Waals surface area (Å²) in [6.07, 6.45) is 5.20. The summed E-state index contributed by atoms with van der Waals surface area (Å²) in [7, 11) is -2.54. The van der Waals surface area contributed by atoms with E-state index in [1.807, 2.05) is 39.0 Å². The number of benzene rings is 2. The van der Waals surface area contributed by atoms with Crippen molar-refractivity contribution in [3.63, 3.8) is 0 Å². The van der Waals surface area contributed by atoms with E-state index in [9.17, 15) is 13.8 Å². The van der Waals surface area contributed by atoms with Crippen LogP contribution < -0.4 is 5.44 Å². The first kappa shape index (κ1) is 27.6. The predicted molar refractivity (Wildman–Crippen MR) is 162 cm³/mol. The third-order valence-electron chi connectivity index (χ3n) is 7.81. The Labute approximate surface area is 238 Å². The molecule has 1 aliphatic rings. The molecule has 1 fully saturated rings. The summed E-state index contributed by atoms with van der Waals surface area (Å²) in [6.45, 7) is 10.4. The van der Waals surface area contributed by atoms with Gasteiger partial charge in [0.2, 0.25) is 0 Å². The second kappa shape index (κ2) is 10.0. The molecular formula is C32H34FN4O3P. The predicted octanol–water partition coefficient (Wildman–Crippen LogP) is 7.01. The van der Waals surface area contributed by atoms with E-state index in [2.05, 4.69) is 20.7 Å². The van der Waals surface area contributed by atoms with Crippen LogP contribution in [-0.2, 0) is 9.30 Å². The van der Waals surface area contributed by atoms with Gasteiger partial charge in [0, 0.05) is 64.0 Å². The Morgan fingerprint density at radius 1 is 1.00 bits per heavy atom. The number of nitrogens with zero attached hydrogens (tertiary/aromatic N) is 4. The average Bonchev–Trinajstić information content (AvgIpc) is 3.50. The summed E-state index contributed by atoms with van der Waals surface area (Å²) in [4.78, 5) is 18.0. The molecule has 0 spiro atoms. The minimum atomic E-state index is -2.54. The Morgan fingerprint density at radius 2 is 1.71 bits per heavy atom. The normalized spacial score (nSPS) is 15.2. The van der Waals surface area contributed by atoms with Gasteiger partial charge in [0.25, 0.3) is 5.91 Å². The van der Waals surface area contributed by atoms with Gasteiger partial charge < -0.3 is 13.9 Å². The van der Waals surface area contributed by atoms with Crippen LogP contribution >= 0.6 is 7.14 Å². The van der Waals surface area contributed by atoms with E-state index < -0.39 is 12.6 Å². The lowest BCUT2D eigenvalue weighted by Gasteiger charge is -2.26. The van der Waals surface area contributed by atoms with Gasteiger partial charge in [-0.1, -0.05) is 26.8 Å². The van der Waals surface area contributed by atoms with E-state index in [1.165, 1.54) is 16.8 Å². The molecule has 9 heteroatoms. The van der Waals surface area contributed by atoms with Crippen molar-refractivity contribution in [3.05, 3.63) is 72.4 Å². The van der Waals surface area contributed by atoms with Crippen LogP contribution in [-0.4, -0.2) is 51.8 Å². The highest BCUT2D eigenvalue weighted by atomic mass is 31.2. The van der Waals surface area contributed by atoms with Gasteiger partial charge in [0.05, 0.1) is 22.7 Å². The number of rotatable bonds is 4. The summed E-state index contributed by atoms with van der Waals surface area (Å²) >= 11 is 0. The van der Waals surface area contributed by atoms with Crippen molar-refractivity contribution in [2.24, 2.45) is 5.41 Å². The van der Waals surface area contributed by atoms with Crippen molar-refractivity contribution >= 4 is 40.3 Å². The van der Waals surface area contributed by atoms with E-state index in [0.29, 0.717) is 18.6 Å². The minimum Gasteiger partial charge on any atom is -0.381 e. The molecule has 212 valence electrons. The monoisotopic (exact) mass is 572 g/mol. The van der Waals surface area contributed by atoms with Gasteiger partial charge in [-0.15, -0.1) is 0 Å². The lowest BCUT2D eigenvalue weighted by atomic mass is 9.90. The molecule has 0 amide bonds. The van der Waals surface area contributed by atoms with Crippen molar-refractivity contribution in [1.82, 2.24) is 19.3 Å². The molecule has 2 aromatic carbocycles. The van der Waals surface area contributed by atoms with Gasteiger partial charge in [-0.25, -0.2) is 4.39 Å². The Kier molecular flexibility index (Phi) is 6.74. The number of hydrogen-bond donors (Lipinski definition) is 0. The van der Waals surface area contributed by atoms with E-state index >= 15 is 0 Å². The van der Waals surface area contributed by atoms with Crippen molar-refractivity contribution in [1.29, 1.82) is 0 Å². The highest BCUT2D eigenvalue weighted by Crippen LogP contribution is 2.45. The largest absolute Gasteiger partial charge is 0.381 e. The van der Waals surface area contributed by atoms with Gasteiger partial charge in [-0.3, -0.25) is 9.78 Å². The SMILES string of the molecule is CC(C)(C)C(=O)n1ncc2cc3c(cc21)c(-c1ccc(P(C)(C)=O)nc1)c(C1CCOCC1)n3-c1ccc(F)cc1. The van der Waals surface area contributed by atoms with Crippen molar-refractivity contribution in [2.75, 3.05) is 26.5 Å². The third kappa shape index (κ3) is 4.93. The van der Waals surface area contributed by atoms with Crippen LogP contribution in [0.3, 0.4) is 0 Å². The molecule has 6 rings (SSSR count). The maximum Gasteiger partial charge on any atom is 0.252 e. The first-order chi connectivity index (χ1) is 19.4. The molecule has 3 aromatic heterocycles. The zero-order valence-electron chi connectivity index (χ0n) is 24.0. The van der Waals surface area contributed by atoms with Gasteiger partial charge >= 0.3 is 0 Å². The van der Waals surface area contributed by atoms with Crippen molar-refractivity contribution in [3.8, 4) is 16.8 Å². The quantitative estimate of drug-likeness (QED) is 0.217. The van der Waals surface area contributed by atoms with Crippen LogP contribution in [0.1, 0.15) is 50.0 Å².